The Kier molecular flexibility index (Phi) is 7.48. The van der Waals surface area contributed by atoms with Gasteiger partial charge in [0.05, 0.1) is 48.9 Å². The predicted molar refractivity (Wildman–Crippen MR) is 135 cm³/mol. The van der Waals surface area contributed by atoms with Crippen molar-refractivity contribution in [1.82, 2.24) is 15.0 Å². The molecule has 190 valence electrons. The van der Waals surface area contributed by atoms with E-state index in [-0.39, 0.29) is 29.5 Å². The summed E-state index contributed by atoms with van der Waals surface area (Å²) in [4.78, 5) is 29.1. The van der Waals surface area contributed by atoms with E-state index in [9.17, 15) is 14.4 Å². The summed E-state index contributed by atoms with van der Waals surface area (Å²) in [5.41, 5.74) is 2.09. The summed E-state index contributed by atoms with van der Waals surface area (Å²) >= 11 is 6.32. The Morgan fingerprint density at radius 2 is 2.06 bits per heavy atom. The fraction of sp³-hybridized carbons (Fsp3) is 0.462. The number of hydroxylamine groups is 2. The van der Waals surface area contributed by atoms with E-state index in [0.717, 1.165) is 11.1 Å². The number of carbonyl (C=O) groups excluding carboxylic acids is 1. The third-order valence-electron chi connectivity index (χ3n) is 6.33. The molecule has 1 saturated heterocycles. The van der Waals surface area contributed by atoms with Gasteiger partial charge >= 0.3 is 5.97 Å². The molecule has 10 heteroatoms. The van der Waals surface area contributed by atoms with Crippen LogP contribution in [0.3, 0.4) is 0 Å². The number of allylic oxidation sites excluding steroid dienone is 1. The summed E-state index contributed by atoms with van der Waals surface area (Å²) in [7, 11) is 1.52. The Bertz CT molecular complexity index is 1240. The number of nitriles is 1. The maximum Gasteiger partial charge on any atom is 0.330 e. The molecular formula is C26H29ClFN5O3. The van der Waals surface area contributed by atoms with Crippen LogP contribution in [-0.4, -0.2) is 53.8 Å². The molecule has 0 N–H and O–H groups in total. The van der Waals surface area contributed by atoms with E-state index in [2.05, 4.69) is 20.9 Å². The van der Waals surface area contributed by atoms with Crippen LogP contribution in [0.5, 0.6) is 5.75 Å². The number of hydrogen-bond donors (Lipinski definition) is 0. The molecule has 0 bridgehead atoms. The number of rotatable bonds is 5. The van der Waals surface area contributed by atoms with Gasteiger partial charge in [-0.3, -0.25) is 0 Å². The summed E-state index contributed by atoms with van der Waals surface area (Å²) in [6.07, 6.45) is 3.19. The standard InChI is InChI=1S/C26H29ClFN5O3/c1-26(2,3)24(34)36-33-13-12-32(15-17(33)10-11-29)23-18-9-8-16(14-20(18)30-25(27)31-23)22-19(28)6-5-7-21(22)35-4/h5-7,14,17H,8-10,12-13,15H2,1-4H3/t17-/m0/s1. The second-order valence-corrected chi connectivity index (χ2v) is 10.2. The molecule has 1 aliphatic carbocycles. The third-order valence-corrected chi connectivity index (χ3v) is 6.50. The van der Waals surface area contributed by atoms with E-state index in [1.807, 2.05) is 6.08 Å². The molecule has 4 rings (SSSR count). The van der Waals surface area contributed by atoms with Crippen molar-refractivity contribution in [2.24, 2.45) is 5.41 Å². The lowest BCUT2D eigenvalue weighted by atomic mass is 9.90. The molecule has 0 radical (unpaired) electrons. The number of ether oxygens (including phenoxy) is 1. The summed E-state index contributed by atoms with van der Waals surface area (Å²) < 4.78 is 20.1. The van der Waals surface area contributed by atoms with Crippen molar-refractivity contribution < 1.29 is 18.8 Å². The van der Waals surface area contributed by atoms with Crippen LogP contribution in [0.15, 0.2) is 18.2 Å². The van der Waals surface area contributed by atoms with Crippen LogP contribution in [0.1, 0.15) is 50.4 Å². The van der Waals surface area contributed by atoms with Crippen molar-refractivity contribution in [1.29, 1.82) is 5.26 Å². The molecule has 2 aromatic rings. The lowest BCUT2D eigenvalue weighted by Gasteiger charge is -2.41. The van der Waals surface area contributed by atoms with Crippen LogP contribution in [0.2, 0.25) is 5.28 Å². The monoisotopic (exact) mass is 513 g/mol. The number of fused-ring (bicyclic) bond motifs is 1. The number of nitrogens with zero attached hydrogens (tertiary/aromatic N) is 5. The van der Waals surface area contributed by atoms with E-state index < -0.39 is 5.41 Å². The highest BCUT2D eigenvalue weighted by atomic mass is 35.5. The smallest absolute Gasteiger partial charge is 0.330 e. The second kappa shape index (κ2) is 10.4. The molecule has 0 amide bonds. The Labute approximate surface area is 215 Å². The normalized spacial score (nSPS) is 18.2. The topological polar surface area (TPSA) is 91.6 Å². The molecule has 0 saturated carbocycles. The lowest BCUT2D eigenvalue weighted by Crippen LogP contribution is -2.54. The van der Waals surface area contributed by atoms with Gasteiger partial charge < -0.3 is 14.5 Å². The molecule has 0 spiro atoms. The third kappa shape index (κ3) is 5.30. The van der Waals surface area contributed by atoms with Crippen LogP contribution in [0.4, 0.5) is 10.2 Å². The molecule has 2 heterocycles. The molecule has 1 atom stereocenters. The van der Waals surface area contributed by atoms with E-state index in [1.54, 1.807) is 38.0 Å². The quantitative estimate of drug-likeness (QED) is 0.532. The summed E-state index contributed by atoms with van der Waals surface area (Å²) in [6, 6.07) is 6.62. The molecule has 8 nitrogen and oxygen atoms in total. The first-order chi connectivity index (χ1) is 17.1. The largest absolute Gasteiger partial charge is 0.496 e. The Morgan fingerprint density at radius 1 is 1.28 bits per heavy atom. The number of aromatic nitrogens is 2. The zero-order chi connectivity index (χ0) is 26.0. The van der Waals surface area contributed by atoms with Gasteiger partial charge in [0.15, 0.2) is 0 Å². The van der Waals surface area contributed by atoms with Gasteiger partial charge in [-0.2, -0.15) is 5.26 Å². The molecule has 1 aromatic carbocycles. The minimum Gasteiger partial charge on any atom is -0.496 e. The Morgan fingerprint density at radius 3 is 2.75 bits per heavy atom. The van der Waals surface area contributed by atoms with E-state index in [4.69, 9.17) is 21.2 Å². The summed E-state index contributed by atoms with van der Waals surface area (Å²) in [5.74, 6) is 0.447. The molecular weight excluding hydrogens is 485 g/mol. The van der Waals surface area contributed by atoms with Crippen molar-refractivity contribution in [3.8, 4) is 11.8 Å². The highest BCUT2D eigenvalue weighted by molar-refractivity contribution is 6.28. The summed E-state index contributed by atoms with van der Waals surface area (Å²) in [5, 5.41) is 11.1. The lowest BCUT2D eigenvalue weighted by molar-refractivity contribution is -0.212. The first-order valence-electron chi connectivity index (χ1n) is 11.8. The van der Waals surface area contributed by atoms with Crippen molar-refractivity contribution in [2.45, 2.75) is 46.1 Å². The maximum atomic E-state index is 14.7. The number of benzene rings is 1. The van der Waals surface area contributed by atoms with Crippen molar-refractivity contribution >= 4 is 35.0 Å². The van der Waals surface area contributed by atoms with Gasteiger partial charge in [-0.05, 0) is 69.0 Å². The van der Waals surface area contributed by atoms with Crippen LogP contribution < -0.4 is 9.64 Å². The van der Waals surface area contributed by atoms with Crippen LogP contribution >= 0.6 is 11.6 Å². The van der Waals surface area contributed by atoms with Gasteiger partial charge in [0.2, 0.25) is 5.28 Å². The van der Waals surface area contributed by atoms with Crippen LogP contribution in [0.25, 0.3) is 11.6 Å². The average Bonchev–Trinajstić information content (AvgIpc) is 2.83. The minimum atomic E-state index is -0.654. The van der Waals surface area contributed by atoms with Gasteiger partial charge in [0.25, 0.3) is 0 Å². The molecule has 2 aliphatic rings. The number of methoxy groups -OCH3 is 1. The molecule has 36 heavy (non-hydrogen) atoms. The Balaban J connectivity index is 1.64. The van der Waals surface area contributed by atoms with Gasteiger partial charge in [-0.1, -0.05) is 6.07 Å². The van der Waals surface area contributed by atoms with Crippen molar-refractivity contribution in [2.75, 3.05) is 31.6 Å². The fourth-order valence-corrected chi connectivity index (χ4v) is 4.60. The number of anilines is 1. The number of hydrogen-bond acceptors (Lipinski definition) is 8. The van der Waals surface area contributed by atoms with Gasteiger partial charge in [-0.15, -0.1) is 5.06 Å². The molecule has 1 aliphatic heterocycles. The number of piperazine rings is 1. The maximum absolute atomic E-state index is 14.7. The molecule has 1 fully saturated rings. The minimum absolute atomic E-state index is 0.0835. The highest BCUT2D eigenvalue weighted by Gasteiger charge is 2.35. The van der Waals surface area contributed by atoms with Gasteiger partial charge in [0, 0.05) is 18.7 Å². The second-order valence-electron chi connectivity index (χ2n) is 9.90. The zero-order valence-corrected chi connectivity index (χ0v) is 21.6. The van der Waals surface area contributed by atoms with Gasteiger partial charge in [-0.25, -0.2) is 19.2 Å². The van der Waals surface area contributed by atoms with Crippen molar-refractivity contribution in [3.63, 3.8) is 0 Å². The number of carbonyl (C=O) groups is 1. The Hall–Kier alpha value is -3.22. The van der Waals surface area contributed by atoms with Gasteiger partial charge in [0.1, 0.15) is 17.4 Å². The summed E-state index contributed by atoms with van der Waals surface area (Å²) in [6.45, 7) is 6.74. The average molecular weight is 514 g/mol. The first-order valence-corrected chi connectivity index (χ1v) is 12.2. The first kappa shape index (κ1) is 25.9. The van der Waals surface area contributed by atoms with Crippen molar-refractivity contribution in [3.05, 3.63) is 46.1 Å². The van der Waals surface area contributed by atoms with E-state index in [1.165, 1.54) is 13.2 Å². The predicted octanol–water partition coefficient (Wildman–Crippen LogP) is 4.67. The highest BCUT2D eigenvalue weighted by Crippen LogP contribution is 2.39. The SMILES string of the molecule is COc1cccc(F)c1C1=Cc2nc(Cl)nc(N3CCN(OC(=O)C(C)(C)C)[C@@H](CC#N)C3)c2CC1. The van der Waals surface area contributed by atoms with Crippen LogP contribution in [-0.2, 0) is 16.1 Å². The molecule has 1 aromatic heterocycles. The zero-order valence-electron chi connectivity index (χ0n) is 20.8. The molecule has 0 unspecified atom stereocenters. The van der Waals surface area contributed by atoms with E-state index in [0.29, 0.717) is 55.3 Å². The number of halogens is 2. The fourth-order valence-electron chi connectivity index (χ4n) is 4.43. The van der Waals surface area contributed by atoms with E-state index >= 15 is 0 Å². The van der Waals surface area contributed by atoms with Crippen LogP contribution in [0, 0.1) is 22.6 Å².